The van der Waals surface area contributed by atoms with Crippen LogP contribution in [0.1, 0.15) is 29.6 Å². The zero-order valence-electron chi connectivity index (χ0n) is 11.6. The van der Waals surface area contributed by atoms with Crippen LogP contribution in [0.4, 0.5) is 0 Å². The van der Waals surface area contributed by atoms with Crippen LogP contribution in [0.25, 0.3) is 0 Å². The molecule has 0 aromatic heterocycles. The van der Waals surface area contributed by atoms with Gasteiger partial charge in [0.15, 0.2) is 0 Å². The fourth-order valence-corrected chi connectivity index (χ4v) is 4.16. The highest BCUT2D eigenvalue weighted by Crippen LogP contribution is 2.25. The minimum atomic E-state index is -3.56. The maximum Gasteiger partial charge on any atom is 0.248 e. The summed E-state index contributed by atoms with van der Waals surface area (Å²) >= 11 is 0. The zero-order chi connectivity index (χ0) is 14.8. The monoisotopic (exact) mass is 333 g/mol. The topological polar surface area (TPSA) is 106 Å². The van der Waals surface area contributed by atoms with Gasteiger partial charge in [-0.25, -0.2) is 8.42 Å². The molecule has 4 N–H and O–H groups in total. The second-order valence-electron chi connectivity index (χ2n) is 4.89. The van der Waals surface area contributed by atoms with Gasteiger partial charge in [-0.05, 0) is 37.1 Å². The van der Waals surface area contributed by atoms with Gasteiger partial charge in [0.1, 0.15) is 0 Å². The van der Waals surface area contributed by atoms with Crippen LogP contribution in [0, 0.1) is 0 Å². The van der Waals surface area contributed by atoms with E-state index in [0.717, 1.165) is 19.3 Å². The first kappa shape index (κ1) is 17.9. The number of hydrogen-bond donors (Lipinski definition) is 2. The van der Waals surface area contributed by atoms with Gasteiger partial charge in [-0.3, -0.25) is 4.79 Å². The first-order valence-corrected chi connectivity index (χ1v) is 8.02. The second kappa shape index (κ2) is 7.22. The molecule has 2 rings (SSSR count). The van der Waals surface area contributed by atoms with Crippen LogP contribution < -0.4 is 11.5 Å². The van der Waals surface area contributed by atoms with Gasteiger partial charge in [-0.15, -0.1) is 12.4 Å². The number of benzene rings is 1. The molecule has 1 amide bonds. The van der Waals surface area contributed by atoms with Crippen LogP contribution in [-0.2, 0) is 10.0 Å². The average Bonchev–Trinajstić information content (AvgIpc) is 2.47. The molecule has 1 aromatic rings. The quantitative estimate of drug-likeness (QED) is 0.846. The van der Waals surface area contributed by atoms with Crippen LogP contribution in [0.5, 0.6) is 0 Å². The molecule has 1 aliphatic heterocycles. The van der Waals surface area contributed by atoms with Gasteiger partial charge in [0.05, 0.1) is 4.90 Å². The molecule has 1 atom stereocenters. The number of piperidine rings is 1. The number of nitrogens with two attached hydrogens (primary N) is 2. The first-order valence-electron chi connectivity index (χ1n) is 6.58. The lowest BCUT2D eigenvalue weighted by molar-refractivity contribution is 0.1000. The van der Waals surface area contributed by atoms with E-state index in [9.17, 15) is 13.2 Å². The normalized spacial score (nSPS) is 19.8. The molecule has 8 heteroatoms. The number of sulfonamides is 1. The third kappa shape index (κ3) is 3.74. The highest BCUT2D eigenvalue weighted by Gasteiger charge is 2.32. The molecular weight excluding hydrogens is 314 g/mol. The summed E-state index contributed by atoms with van der Waals surface area (Å²) in [6, 6.07) is 5.53. The molecule has 0 spiro atoms. The summed E-state index contributed by atoms with van der Waals surface area (Å²) in [4.78, 5) is 11.2. The lowest BCUT2D eigenvalue weighted by atomic mass is 10.1. The Hall–Kier alpha value is -1.15. The van der Waals surface area contributed by atoms with E-state index >= 15 is 0 Å². The number of hydrogen-bond acceptors (Lipinski definition) is 4. The molecule has 1 aliphatic rings. The van der Waals surface area contributed by atoms with Crippen molar-refractivity contribution in [3.63, 3.8) is 0 Å². The SMILES string of the molecule is Cl.NCC1CCCCN1S(=O)(=O)c1ccc(C(N)=O)cc1. The van der Waals surface area contributed by atoms with Crippen LogP contribution >= 0.6 is 12.4 Å². The predicted octanol–water partition coefficient (Wildman–Crippen LogP) is 0.709. The standard InChI is InChI=1S/C13H19N3O3S.ClH/c14-9-11-3-1-2-8-16(11)20(18,19)12-6-4-10(5-7-12)13(15)17;/h4-7,11H,1-3,8-9,14H2,(H2,15,17);1H. The van der Waals surface area contributed by atoms with Crippen LogP contribution in [0.15, 0.2) is 29.2 Å². The van der Waals surface area contributed by atoms with Crippen molar-refractivity contribution in [3.8, 4) is 0 Å². The maximum atomic E-state index is 12.6. The van der Waals surface area contributed by atoms with Gasteiger partial charge in [-0.1, -0.05) is 6.42 Å². The van der Waals surface area contributed by atoms with E-state index in [1.165, 1.54) is 28.6 Å². The summed E-state index contributed by atoms with van der Waals surface area (Å²) in [6.45, 7) is 0.806. The number of nitrogens with zero attached hydrogens (tertiary/aromatic N) is 1. The van der Waals surface area contributed by atoms with E-state index in [4.69, 9.17) is 11.5 Å². The molecule has 0 aliphatic carbocycles. The summed E-state index contributed by atoms with van der Waals surface area (Å²) in [5.41, 5.74) is 11.1. The first-order chi connectivity index (χ1) is 9.46. The molecular formula is C13H20ClN3O3S. The van der Waals surface area contributed by atoms with Crippen molar-refractivity contribution in [2.75, 3.05) is 13.1 Å². The molecule has 118 valence electrons. The van der Waals surface area contributed by atoms with E-state index in [-0.39, 0.29) is 28.9 Å². The number of carbonyl (C=O) groups is 1. The van der Waals surface area contributed by atoms with Crippen LogP contribution in [0.3, 0.4) is 0 Å². The Morgan fingerprint density at radius 2 is 1.86 bits per heavy atom. The summed E-state index contributed by atoms with van der Waals surface area (Å²) in [5.74, 6) is -0.577. The van der Waals surface area contributed by atoms with E-state index in [1.807, 2.05) is 0 Å². The molecule has 1 heterocycles. The van der Waals surface area contributed by atoms with Gasteiger partial charge < -0.3 is 11.5 Å². The molecule has 1 fully saturated rings. The van der Waals surface area contributed by atoms with Crippen molar-refractivity contribution in [2.24, 2.45) is 11.5 Å². The zero-order valence-corrected chi connectivity index (χ0v) is 13.2. The highest BCUT2D eigenvalue weighted by molar-refractivity contribution is 7.89. The van der Waals surface area contributed by atoms with Crippen molar-refractivity contribution in [1.82, 2.24) is 4.31 Å². The highest BCUT2D eigenvalue weighted by atomic mass is 35.5. The summed E-state index contributed by atoms with van der Waals surface area (Å²) in [6.07, 6.45) is 2.62. The molecule has 1 aromatic carbocycles. The summed E-state index contributed by atoms with van der Waals surface area (Å²) in [7, 11) is -3.56. The van der Waals surface area contributed by atoms with Gasteiger partial charge >= 0.3 is 0 Å². The Morgan fingerprint density at radius 1 is 1.24 bits per heavy atom. The Morgan fingerprint density at radius 3 is 2.38 bits per heavy atom. The van der Waals surface area contributed by atoms with E-state index in [0.29, 0.717) is 13.1 Å². The van der Waals surface area contributed by atoms with Crippen molar-refractivity contribution in [3.05, 3.63) is 29.8 Å². The predicted molar refractivity (Wildman–Crippen MR) is 82.8 cm³/mol. The molecule has 21 heavy (non-hydrogen) atoms. The second-order valence-corrected chi connectivity index (χ2v) is 6.78. The van der Waals surface area contributed by atoms with Gasteiger partial charge in [-0.2, -0.15) is 4.31 Å². The Bertz CT molecular complexity index is 589. The van der Waals surface area contributed by atoms with Gasteiger partial charge in [0.2, 0.25) is 15.9 Å². The maximum absolute atomic E-state index is 12.6. The van der Waals surface area contributed by atoms with Crippen molar-refractivity contribution in [2.45, 2.75) is 30.2 Å². The molecule has 0 bridgehead atoms. The number of primary amides is 1. The van der Waals surface area contributed by atoms with Gasteiger partial charge in [0, 0.05) is 24.7 Å². The minimum Gasteiger partial charge on any atom is -0.366 e. The third-order valence-electron chi connectivity index (χ3n) is 3.59. The molecule has 0 radical (unpaired) electrons. The third-order valence-corrected chi connectivity index (χ3v) is 5.56. The Balaban J connectivity index is 0.00000220. The number of carbonyl (C=O) groups excluding carboxylic acids is 1. The van der Waals surface area contributed by atoms with E-state index in [2.05, 4.69) is 0 Å². The fourth-order valence-electron chi connectivity index (χ4n) is 2.45. The minimum absolute atomic E-state index is 0. The van der Waals surface area contributed by atoms with Crippen LogP contribution in [0.2, 0.25) is 0 Å². The lowest BCUT2D eigenvalue weighted by Crippen LogP contribution is -2.47. The van der Waals surface area contributed by atoms with E-state index < -0.39 is 15.9 Å². The van der Waals surface area contributed by atoms with Gasteiger partial charge in [0.25, 0.3) is 0 Å². The summed E-state index contributed by atoms with van der Waals surface area (Å²) in [5, 5.41) is 0. The van der Waals surface area contributed by atoms with E-state index in [1.54, 1.807) is 0 Å². The lowest BCUT2D eigenvalue weighted by Gasteiger charge is -2.33. The number of amides is 1. The molecule has 1 unspecified atom stereocenters. The average molecular weight is 334 g/mol. The van der Waals surface area contributed by atoms with Crippen molar-refractivity contribution in [1.29, 1.82) is 0 Å². The summed E-state index contributed by atoms with van der Waals surface area (Å²) < 4.78 is 26.7. The molecule has 6 nitrogen and oxygen atoms in total. The number of halogens is 1. The molecule has 0 saturated carbocycles. The Labute approximate surface area is 130 Å². The fraction of sp³-hybridized carbons (Fsp3) is 0.462. The van der Waals surface area contributed by atoms with Crippen molar-refractivity contribution >= 4 is 28.3 Å². The van der Waals surface area contributed by atoms with Crippen molar-refractivity contribution < 1.29 is 13.2 Å². The van der Waals surface area contributed by atoms with Crippen LogP contribution in [-0.4, -0.2) is 37.8 Å². The molecule has 1 saturated heterocycles. The number of rotatable bonds is 4. The Kier molecular flexibility index (Phi) is 6.15. The largest absolute Gasteiger partial charge is 0.366 e. The smallest absolute Gasteiger partial charge is 0.248 e.